The van der Waals surface area contributed by atoms with Crippen LogP contribution in [0.1, 0.15) is 35.1 Å². The maximum absolute atomic E-state index is 12.0. The van der Waals surface area contributed by atoms with Gasteiger partial charge in [-0.25, -0.2) is 0 Å². The summed E-state index contributed by atoms with van der Waals surface area (Å²) in [5.74, 6) is -0.369. The van der Waals surface area contributed by atoms with Gasteiger partial charge in [0, 0.05) is 12.0 Å². The minimum atomic E-state index is -2.89. The van der Waals surface area contributed by atoms with E-state index in [1.165, 1.54) is 35.6 Å². The van der Waals surface area contributed by atoms with Crippen LogP contribution in [-0.4, -0.2) is 22.7 Å². The molecule has 2 aromatic rings. The topological polar surface area (TPSA) is 64.1 Å². The standard InChI is InChI=1S/C14H15F2N3O2S/c1-2-3-4-11-18-19-14(22-11)17-12(20)9-5-7-10(8-6-9)21-13(15)16/h5-8,13H,2-4H2,1H3,(H,17,19,20). The Hall–Kier alpha value is -2.09. The van der Waals surface area contributed by atoms with E-state index in [1.54, 1.807) is 0 Å². The molecule has 0 unspecified atom stereocenters. The third-order valence-corrected chi connectivity index (χ3v) is 3.67. The number of benzene rings is 1. The van der Waals surface area contributed by atoms with Gasteiger partial charge in [0.1, 0.15) is 10.8 Å². The molecule has 2 rings (SSSR count). The second kappa shape index (κ2) is 7.79. The monoisotopic (exact) mass is 327 g/mol. The Morgan fingerprint density at radius 1 is 1.32 bits per heavy atom. The Morgan fingerprint density at radius 3 is 2.68 bits per heavy atom. The first kappa shape index (κ1) is 16.3. The van der Waals surface area contributed by atoms with Gasteiger partial charge in [-0.3, -0.25) is 10.1 Å². The van der Waals surface area contributed by atoms with E-state index in [4.69, 9.17) is 0 Å². The van der Waals surface area contributed by atoms with Crippen molar-refractivity contribution < 1.29 is 18.3 Å². The highest BCUT2D eigenvalue weighted by atomic mass is 32.1. The lowest BCUT2D eigenvalue weighted by Gasteiger charge is -2.05. The molecule has 118 valence electrons. The molecular weight excluding hydrogens is 312 g/mol. The van der Waals surface area contributed by atoms with Crippen LogP contribution < -0.4 is 10.1 Å². The van der Waals surface area contributed by atoms with Crippen molar-refractivity contribution in [1.29, 1.82) is 0 Å². The summed E-state index contributed by atoms with van der Waals surface area (Å²) in [4.78, 5) is 12.0. The zero-order valence-electron chi connectivity index (χ0n) is 11.9. The van der Waals surface area contributed by atoms with Crippen molar-refractivity contribution in [2.75, 3.05) is 5.32 Å². The second-order valence-electron chi connectivity index (χ2n) is 4.46. The van der Waals surface area contributed by atoms with Gasteiger partial charge in [0.05, 0.1) is 0 Å². The second-order valence-corrected chi connectivity index (χ2v) is 5.52. The Bertz CT molecular complexity index is 617. The Labute approximate surface area is 130 Å². The van der Waals surface area contributed by atoms with Gasteiger partial charge in [-0.1, -0.05) is 24.7 Å². The number of ether oxygens (including phenoxy) is 1. The van der Waals surface area contributed by atoms with Gasteiger partial charge in [0.2, 0.25) is 5.13 Å². The largest absolute Gasteiger partial charge is 0.435 e. The maximum Gasteiger partial charge on any atom is 0.387 e. The molecule has 1 N–H and O–H groups in total. The smallest absolute Gasteiger partial charge is 0.387 e. The number of anilines is 1. The van der Waals surface area contributed by atoms with Crippen LogP contribution in [-0.2, 0) is 6.42 Å². The number of carbonyl (C=O) groups excluding carboxylic acids is 1. The first-order valence-corrected chi connectivity index (χ1v) is 7.58. The van der Waals surface area contributed by atoms with Gasteiger partial charge in [0.25, 0.3) is 5.91 Å². The molecule has 8 heteroatoms. The van der Waals surface area contributed by atoms with E-state index < -0.39 is 6.61 Å². The minimum Gasteiger partial charge on any atom is -0.435 e. The van der Waals surface area contributed by atoms with Crippen molar-refractivity contribution in [1.82, 2.24) is 10.2 Å². The average Bonchev–Trinajstić information content (AvgIpc) is 2.92. The molecule has 1 heterocycles. The average molecular weight is 327 g/mol. The van der Waals surface area contributed by atoms with Crippen LogP contribution in [0.5, 0.6) is 5.75 Å². The number of nitrogens with zero attached hydrogens (tertiary/aromatic N) is 2. The fourth-order valence-electron chi connectivity index (χ4n) is 1.69. The molecule has 0 radical (unpaired) electrons. The van der Waals surface area contributed by atoms with Crippen LogP contribution in [0.4, 0.5) is 13.9 Å². The van der Waals surface area contributed by atoms with Crippen molar-refractivity contribution in [3.05, 3.63) is 34.8 Å². The van der Waals surface area contributed by atoms with Crippen molar-refractivity contribution in [3.8, 4) is 5.75 Å². The molecule has 0 saturated heterocycles. The van der Waals surface area contributed by atoms with Crippen molar-refractivity contribution in [2.45, 2.75) is 32.8 Å². The molecule has 0 aliphatic carbocycles. The zero-order chi connectivity index (χ0) is 15.9. The van der Waals surface area contributed by atoms with Gasteiger partial charge in [-0.05, 0) is 30.7 Å². The van der Waals surface area contributed by atoms with E-state index in [-0.39, 0.29) is 11.7 Å². The molecular formula is C14H15F2N3O2S. The number of amides is 1. The molecule has 1 amide bonds. The molecule has 1 aromatic carbocycles. The molecule has 1 aromatic heterocycles. The van der Waals surface area contributed by atoms with Crippen molar-refractivity contribution >= 4 is 22.4 Å². The predicted molar refractivity (Wildman–Crippen MR) is 79.5 cm³/mol. The van der Waals surface area contributed by atoms with E-state index in [0.29, 0.717) is 10.7 Å². The number of halogens is 2. The van der Waals surface area contributed by atoms with Crippen LogP contribution in [0.25, 0.3) is 0 Å². The first-order chi connectivity index (χ1) is 10.6. The molecule has 0 atom stereocenters. The van der Waals surface area contributed by atoms with Gasteiger partial charge in [0.15, 0.2) is 0 Å². The van der Waals surface area contributed by atoms with Crippen LogP contribution >= 0.6 is 11.3 Å². The van der Waals surface area contributed by atoms with Crippen LogP contribution in [0.15, 0.2) is 24.3 Å². The number of hydrogen-bond acceptors (Lipinski definition) is 5. The molecule has 0 spiro atoms. The lowest BCUT2D eigenvalue weighted by atomic mass is 10.2. The number of alkyl halides is 2. The summed E-state index contributed by atoms with van der Waals surface area (Å²) in [5.41, 5.74) is 0.326. The summed E-state index contributed by atoms with van der Waals surface area (Å²) >= 11 is 1.33. The molecule has 0 aliphatic heterocycles. The van der Waals surface area contributed by atoms with E-state index in [1.807, 2.05) is 0 Å². The highest BCUT2D eigenvalue weighted by Gasteiger charge is 2.11. The number of unbranched alkanes of at least 4 members (excludes halogenated alkanes) is 1. The summed E-state index contributed by atoms with van der Waals surface area (Å²) in [6.45, 7) is -0.798. The zero-order valence-corrected chi connectivity index (χ0v) is 12.7. The van der Waals surface area contributed by atoms with Crippen molar-refractivity contribution in [3.63, 3.8) is 0 Å². The van der Waals surface area contributed by atoms with Crippen molar-refractivity contribution in [2.24, 2.45) is 0 Å². The van der Waals surface area contributed by atoms with Gasteiger partial charge < -0.3 is 4.74 Å². The fourth-order valence-corrected chi connectivity index (χ4v) is 2.47. The first-order valence-electron chi connectivity index (χ1n) is 6.77. The Kier molecular flexibility index (Phi) is 5.76. The Morgan fingerprint density at radius 2 is 2.05 bits per heavy atom. The number of rotatable bonds is 7. The van der Waals surface area contributed by atoms with E-state index in [2.05, 4.69) is 27.2 Å². The predicted octanol–water partition coefficient (Wildman–Crippen LogP) is 3.73. The minimum absolute atomic E-state index is 0.00400. The molecule has 0 aliphatic rings. The summed E-state index contributed by atoms with van der Waals surface area (Å²) in [6.07, 6.45) is 2.92. The third-order valence-electron chi connectivity index (χ3n) is 2.77. The number of aromatic nitrogens is 2. The number of nitrogens with one attached hydrogen (secondary N) is 1. The lowest BCUT2D eigenvalue weighted by molar-refractivity contribution is -0.0498. The van der Waals surface area contributed by atoms with Gasteiger partial charge in [-0.15, -0.1) is 10.2 Å². The summed E-state index contributed by atoms with van der Waals surface area (Å²) in [5, 5.41) is 11.8. The maximum atomic E-state index is 12.0. The van der Waals surface area contributed by atoms with Crippen LogP contribution in [0.3, 0.4) is 0 Å². The molecule has 0 saturated carbocycles. The summed E-state index contributed by atoms with van der Waals surface area (Å²) in [7, 11) is 0. The van der Waals surface area contributed by atoms with Crippen LogP contribution in [0.2, 0.25) is 0 Å². The molecule has 5 nitrogen and oxygen atoms in total. The number of carbonyl (C=O) groups is 1. The summed E-state index contributed by atoms with van der Waals surface area (Å²) < 4.78 is 28.3. The van der Waals surface area contributed by atoms with Gasteiger partial charge >= 0.3 is 6.61 Å². The van der Waals surface area contributed by atoms with Crippen LogP contribution in [0, 0.1) is 0 Å². The van der Waals surface area contributed by atoms with E-state index in [0.717, 1.165) is 24.3 Å². The third kappa shape index (κ3) is 4.73. The van der Waals surface area contributed by atoms with E-state index in [9.17, 15) is 13.6 Å². The fraction of sp³-hybridized carbons (Fsp3) is 0.357. The molecule has 0 fully saturated rings. The SMILES string of the molecule is CCCCc1nnc(NC(=O)c2ccc(OC(F)F)cc2)s1. The highest BCUT2D eigenvalue weighted by Crippen LogP contribution is 2.19. The normalized spacial score (nSPS) is 10.7. The quantitative estimate of drug-likeness (QED) is 0.841. The Balaban J connectivity index is 1.95. The summed E-state index contributed by atoms with van der Waals surface area (Å²) in [6, 6.07) is 5.44. The number of hydrogen-bond donors (Lipinski definition) is 1. The molecule has 22 heavy (non-hydrogen) atoms. The van der Waals surface area contributed by atoms with Gasteiger partial charge in [-0.2, -0.15) is 8.78 Å². The molecule has 0 bridgehead atoms. The van der Waals surface area contributed by atoms with E-state index >= 15 is 0 Å². The highest BCUT2D eigenvalue weighted by molar-refractivity contribution is 7.15. The number of aryl methyl sites for hydroxylation is 1. The lowest BCUT2D eigenvalue weighted by Crippen LogP contribution is -2.11.